The van der Waals surface area contributed by atoms with Gasteiger partial charge >= 0.3 is 0 Å². The van der Waals surface area contributed by atoms with Gasteiger partial charge in [-0.05, 0) is 50.0 Å². The summed E-state index contributed by atoms with van der Waals surface area (Å²) in [6.07, 6.45) is 4.74. The zero-order chi connectivity index (χ0) is 19.6. The number of hydrogen-bond acceptors (Lipinski definition) is 3. The lowest BCUT2D eigenvalue weighted by Crippen LogP contribution is -2.44. The molecule has 1 heterocycles. The molecule has 0 aromatic heterocycles. The molecule has 27 heavy (non-hydrogen) atoms. The summed E-state index contributed by atoms with van der Waals surface area (Å²) in [4.78, 5) is 26.2. The van der Waals surface area contributed by atoms with Crippen molar-refractivity contribution < 1.29 is 18.4 Å². The highest BCUT2D eigenvalue weighted by Gasteiger charge is 2.25. The minimum atomic E-state index is -0.658. The van der Waals surface area contributed by atoms with Gasteiger partial charge in [-0.1, -0.05) is 19.8 Å². The van der Waals surface area contributed by atoms with E-state index in [0.29, 0.717) is 18.7 Å². The number of piperidine rings is 1. The van der Waals surface area contributed by atoms with Crippen molar-refractivity contribution in [2.75, 3.05) is 26.2 Å². The molecule has 0 spiro atoms. The number of nitrogens with zero attached hydrogens (tertiary/aromatic N) is 1. The van der Waals surface area contributed by atoms with Crippen LogP contribution >= 0.6 is 0 Å². The van der Waals surface area contributed by atoms with E-state index in [4.69, 9.17) is 0 Å². The molecule has 0 bridgehead atoms. The van der Waals surface area contributed by atoms with Crippen molar-refractivity contribution in [2.45, 2.75) is 45.6 Å². The van der Waals surface area contributed by atoms with Crippen LogP contribution in [-0.2, 0) is 16.1 Å². The quantitative estimate of drug-likeness (QED) is 0.647. The van der Waals surface area contributed by atoms with E-state index in [1.165, 1.54) is 12.1 Å². The highest BCUT2D eigenvalue weighted by atomic mass is 19.1. The average Bonchev–Trinajstić information content (AvgIpc) is 2.63. The number of carbonyl (C=O) groups excluding carboxylic acids is 2. The van der Waals surface area contributed by atoms with Crippen LogP contribution < -0.4 is 10.6 Å². The second-order valence-corrected chi connectivity index (χ2v) is 7.10. The largest absolute Gasteiger partial charge is 0.356 e. The molecule has 2 rings (SSSR count). The van der Waals surface area contributed by atoms with Crippen LogP contribution in [0, 0.1) is 17.6 Å². The lowest BCUT2D eigenvalue weighted by atomic mass is 9.96. The highest BCUT2D eigenvalue weighted by molar-refractivity contribution is 5.79. The SMILES string of the molecule is CCCCCNC(=O)C1CCN(CC(=O)NCc2cc(F)cc(F)c2)CC1. The molecule has 0 saturated carbocycles. The number of benzene rings is 1. The van der Waals surface area contributed by atoms with E-state index in [1.807, 2.05) is 4.90 Å². The first-order valence-electron chi connectivity index (χ1n) is 9.69. The molecular formula is C20H29F2N3O2. The molecule has 150 valence electrons. The number of unbranched alkanes of at least 4 members (excludes halogenated alkanes) is 2. The smallest absolute Gasteiger partial charge is 0.234 e. The van der Waals surface area contributed by atoms with Crippen LogP contribution in [0.15, 0.2) is 18.2 Å². The Morgan fingerprint density at radius 1 is 1.07 bits per heavy atom. The second-order valence-electron chi connectivity index (χ2n) is 7.10. The van der Waals surface area contributed by atoms with Gasteiger partial charge in [-0.15, -0.1) is 0 Å². The molecule has 0 unspecified atom stereocenters. The molecule has 0 atom stereocenters. The van der Waals surface area contributed by atoms with Crippen LogP contribution in [-0.4, -0.2) is 42.9 Å². The van der Waals surface area contributed by atoms with E-state index in [2.05, 4.69) is 17.6 Å². The fourth-order valence-corrected chi connectivity index (χ4v) is 3.26. The Morgan fingerprint density at radius 2 is 1.74 bits per heavy atom. The topological polar surface area (TPSA) is 61.4 Å². The summed E-state index contributed by atoms with van der Waals surface area (Å²) < 4.78 is 26.3. The number of nitrogens with one attached hydrogen (secondary N) is 2. The summed E-state index contributed by atoms with van der Waals surface area (Å²) >= 11 is 0. The van der Waals surface area contributed by atoms with Crippen molar-refractivity contribution in [3.05, 3.63) is 35.4 Å². The van der Waals surface area contributed by atoms with Gasteiger partial charge in [0.05, 0.1) is 6.54 Å². The molecule has 1 aliphatic heterocycles. The lowest BCUT2D eigenvalue weighted by Gasteiger charge is -2.30. The van der Waals surface area contributed by atoms with Crippen LogP contribution in [0.5, 0.6) is 0 Å². The van der Waals surface area contributed by atoms with E-state index in [0.717, 1.165) is 44.7 Å². The maximum atomic E-state index is 13.1. The summed E-state index contributed by atoms with van der Waals surface area (Å²) in [5.74, 6) is -1.38. The van der Waals surface area contributed by atoms with Crippen LogP contribution in [0.3, 0.4) is 0 Å². The molecule has 0 aliphatic carbocycles. The Kier molecular flexibility index (Phi) is 8.64. The van der Waals surface area contributed by atoms with Gasteiger partial charge in [-0.3, -0.25) is 14.5 Å². The van der Waals surface area contributed by atoms with Gasteiger partial charge < -0.3 is 10.6 Å². The van der Waals surface area contributed by atoms with Crippen LogP contribution in [0.1, 0.15) is 44.6 Å². The van der Waals surface area contributed by atoms with Crippen molar-refractivity contribution in [1.82, 2.24) is 15.5 Å². The van der Waals surface area contributed by atoms with Crippen molar-refractivity contribution in [3.8, 4) is 0 Å². The van der Waals surface area contributed by atoms with Gasteiger partial charge in [-0.25, -0.2) is 8.78 Å². The third-order valence-corrected chi connectivity index (χ3v) is 4.82. The number of amides is 2. The summed E-state index contributed by atoms with van der Waals surface area (Å²) in [6.45, 7) is 4.55. The van der Waals surface area contributed by atoms with Gasteiger partial charge in [0.2, 0.25) is 11.8 Å². The van der Waals surface area contributed by atoms with Gasteiger partial charge in [0, 0.05) is 25.1 Å². The molecule has 2 N–H and O–H groups in total. The summed E-state index contributed by atoms with van der Waals surface area (Å²) in [5.41, 5.74) is 0.388. The molecule has 0 radical (unpaired) electrons. The summed E-state index contributed by atoms with van der Waals surface area (Å²) in [7, 11) is 0. The first-order valence-corrected chi connectivity index (χ1v) is 9.69. The Hall–Kier alpha value is -2.02. The number of halogens is 2. The zero-order valence-electron chi connectivity index (χ0n) is 15.9. The van der Waals surface area contributed by atoms with Crippen LogP contribution in [0.2, 0.25) is 0 Å². The normalized spacial score (nSPS) is 15.5. The molecule has 7 heteroatoms. The maximum Gasteiger partial charge on any atom is 0.234 e. The molecule has 1 saturated heterocycles. The Balaban J connectivity index is 1.66. The minimum absolute atomic E-state index is 0.0150. The monoisotopic (exact) mass is 381 g/mol. The predicted molar refractivity (Wildman–Crippen MR) is 99.9 cm³/mol. The third kappa shape index (κ3) is 7.62. The molecule has 1 aromatic rings. The third-order valence-electron chi connectivity index (χ3n) is 4.82. The van der Waals surface area contributed by atoms with Crippen molar-refractivity contribution in [1.29, 1.82) is 0 Å². The Labute approximate surface area is 159 Å². The first-order chi connectivity index (χ1) is 13.0. The number of likely N-dealkylation sites (tertiary alicyclic amines) is 1. The fraction of sp³-hybridized carbons (Fsp3) is 0.600. The van der Waals surface area contributed by atoms with Gasteiger partial charge in [0.15, 0.2) is 0 Å². The second kappa shape index (κ2) is 11.0. The fourth-order valence-electron chi connectivity index (χ4n) is 3.26. The number of carbonyl (C=O) groups is 2. The standard InChI is InChI=1S/C20H29F2N3O2/c1-2-3-4-7-23-20(27)16-5-8-25(9-6-16)14-19(26)24-13-15-10-17(21)12-18(22)11-15/h10-12,16H,2-9,13-14H2,1H3,(H,23,27)(H,24,26). The Bertz CT molecular complexity index is 611. The minimum Gasteiger partial charge on any atom is -0.356 e. The van der Waals surface area contributed by atoms with Crippen LogP contribution in [0.4, 0.5) is 8.78 Å². The van der Waals surface area contributed by atoms with E-state index < -0.39 is 11.6 Å². The van der Waals surface area contributed by atoms with Gasteiger partial charge in [0.1, 0.15) is 11.6 Å². The van der Waals surface area contributed by atoms with Crippen LogP contribution in [0.25, 0.3) is 0 Å². The maximum absolute atomic E-state index is 13.1. The molecule has 2 amide bonds. The Morgan fingerprint density at radius 3 is 2.37 bits per heavy atom. The van der Waals surface area contributed by atoms with Crippen molar-refractivity contribution >= 4 is 11.8 Å². The molecule has 5 nitrogen and oxygen atoms in total. The van der Waals surface area contributed by atoms with E-state index in [1.54, 1.807) is 0 Å². The van der Waals surface area contributed by atoms with Gasteiger partial charge in [-0.2, -0.15) is 0 Å². The number of hydrogen-bond donors (Lipinski definition) is 2. The zero-order valence-corrected chi connectivity index (χ0v) is 15.9. The lowest BCUT2D eigenvalue weighted by molar-refractivity contribution is -0.126. The summed E-state index contributed by atoms with van der Waals surface area (Å²) in [5, 5.41) is 5.67. The van der Waals surface area contributed by atoms with Gasteiger partial charge in [0.25, 0.3) is 0 Å². The molecular weight excluding hydrogens is 352 g/mol. The number of rotatable bonds is 9. The predicted octanol–water partition coefficient (Wildman–Crippen LogP) is 2.60. The van der Waals surface area contributed by atoms with Crippen molar-refractivity contribution in [2.24, 2.45) is 5.92 Å². The van der Waals surface area contributed by atoms with E-state index in [-0.39, 0.29) is 30.8 Å². The van der Waals surface area contributed by atoms with Crippen molar-refractivity contribution in [3.63, 3.8) is 0 Å². The molecule has 1 aliphatic rings. The van der Waals surface area contributed by atoms with E-state index in [9.17, 15) is 18.4 Å². The average molecular weight is 381 g/mol. The van der Waals surface area contributed by atoms with E-state index >= 15 is 0 Å². The first kappa shape index (κ1) is 21.3. The molecule has 1 fully saturated rings. The summed E-state index contributed by atoms with van der Waals surface area (Å²) in [6, 6.07) is 3.21. The molecule has 1 aromatic carbocycles. The highest BCUT2D eigenvalue weighted by Crippen LogP contribution is 2.17.